The fourth-order valence-corrected chi connectivity index (χ4v) is 2.40. The first-order valence-corrected chi connectivity index (χ1v) is 6.36. The second-order valence-corrected chi connectivity index (χ2v) is 4.65. The summed E-state index contributed by atoms with van der Waals surface area (Å²) in [6.07, 6.45) is 2.09. The van der Waals surface area contributed by atoms with Gasteiger partial charge in [-0.25, -0.2) is 0 Å². The molecule has 2 rings (SSSR count). The van der Waals surface area contributed by atoms with Gasteiger partial charge in [-0.15, -0.1) is 0 Å². The molecule has 1 fully saturated rings. The topological polar surface area (TPSA) is 41.9 Å². The van der Waals surface area contributed by atoms with Crippen LogP contribution in [0, 0.1) is 5.92 Å². The Morgan fingerprint density at radius 1 is 1.17 bits per heavy atom. The lowest BCUT2D eigenvalue weighted by Crippen LogP contribution is -2.34. The largest absolute Gasteiger partial charge is 0.493 e. The molecule has 0 atom stereocenters. The minimum Gasteiger partial charge on any atom is -0.493 e. The molecule has 0 amide bonds. The zero-order chi connectivity index (χ0) is 13.0. The van der Waals surface area contributed by atoms with E-state index in [9.17, 15) is 0 Å². The van der Waals surface area contributed by atoms with E-state index in [-0.39, 0.29) is 0 Å². The van der Waals surface area contributed by atoms with E-state index in [0.717, 1.165) is 43.1 Å². The lowest BCUT2D eigenvalue weighted by atomic mass is 9.97. The molecule has 4 nitrogen and oxygen atoms in total. The maximum absolute atomic E-state index is 9.14. The molecule has 0 aliphatic carbocycles. The summed E-state index contributed by atoms with van der Waals surface area (Å²) in [5, 5.41) is 9.14. The Morgan fingerprint density at radius 3 is 2.39 bits per heavy atom. The van der Waals surface area contributed by atoms with Gasteiger partial charge in [0.15, 0.2) is 11.5 Å². The lowest BCUT2D eigenvalue weighted by Gasteiger charge is -2.33. The predicted molar refractivity (Wildman–Crippen MR) is 71.6 cm³/mol. The van der Waals surface area contributed by atoms with Gasteiger partial charge in [-0.1, -0.05) is 0 Å². The van der Waals surface area contributed by atoms with E-state index in [2.05, 4.69) is 11.0 Å². The average molecular weight is 251 g/mol. The Morgan fingerprint density at radius 2 is 1.83 bits per heavy atom. The number of nitrogens with zero attached hydrogens (tertiary/aromatic N) is 1. The van der Waals surface area contributed by atoms with Crippen molar-refractivity contribution in [1.29, 1.82) is 0 Å². The zero-order valence-electron chi connectivity index (χ0n) is 11.1. The SMILES string of the molecule is COc1ccc(N2CCC(CO)CC2)cc1OC. The highest BCUT2D eigenvalue weighted by Gasteiger charge is 2.19. The number of benzene rings is 1. The quantitative estimate of drug-likeness (QED) is 0.887. The highest BCUT2D eigenvalue weighted by molar-refractivity contribution is 5.56. The van der Waals surface area contributed by atoms with Crippen molar-refractivity contribution in [1.82, 2.24) is 0 Å². The van der Waals surface area contributed by atoms with Crippen LogP contribution in [-0.4, -0.2) is 39.0 Å². The molecular formula is C14H21NO3. The third-order valence-corrected chi connectivity index (χ3v) is 3.61. The van der Waals surface area contributed by atoms with E-state index < -0.39 is 0 Å². The monoisotopic (exact) mass is 251 g/mol. The van der Waals surface area contributed by atoms with Crippen LogP contribution in [0.5, 0.6) is 11.5 Å². The standard InChI is InChI=1S/C14H21NO3/c1-17-13-4-3-12(9-14(13)18-2)15-7-5-11(10-16)6-8-15/h3-4,9,11,16H,5-8,10H2,1-2H3. The van der Waals surface area contributed by atoms with Crippen LogP contribution in [0.2, 0.25) is 0 Å². The van der Waals surface area contributed by atoms with Gasteiger partial charge in [0.05, 0.1) is 14.2 Å². The summed E-state index contributed by atoms with van der Waals surface area (Å²) < 4.78 is 10.6. The molecule has 100 valence electrons. The number of rotatable bonds is 4. The number of aliphatic hydroxyl groups excluding tert-OH is 1. The maximum atomic E-state index is 9.14. The van der Waals surface area contributed by atoms with Crippen molar-refractivity contribution < 1.29 is 14.6 Å². The van der Waals surface area contributed by atoms with Crippen LogP contribution in [0.15, 0.2) is 18.2 Å². The molecular weight excluding hydrogens is 230 g/mol. The Balaban J connectivity index is 2.09. The van der Waals surface area contributed by atoms with Gasteiger partial charge in [-0.3, -0.25) is 0 Å². The van der Waals surface area contributed by atoms with Crippen LogP contribution in [0.25, 0.3) is 0 Å². The smallest absolute Gasteiger partial charge is 0.162 e. The summed E-state index contributed by atoms with van der Waals surface area (Å²) in [6.45, 7) is 2.28. The number of aliphatic hydroxyl groups is 1. The van der Waals surface area contributed by atoms with E-state index in [1.54, 1.807) is 14.2 Å². The van der Waals surface area contributed by atoms with Crippen molar-refractivity contribution in [3.63, 3.8) is 0 Å². The van der Waals surface area contributed by atoms with Gasteiger partial charge in [0.1, 0.15) is 0 Å². The molecule has 1 aromatic rings. The van der Waals surface area contributed by atoms with Crippen LogP contribution >= 0.6 is 0 Å². The molecule has 1 N–H and O–H groups in total. The molecule has 1 aromatic carbocycles. The number of hydrogen-bond donors (Lipinski definition) is 1. The number of anilines is 1. The second-order valence-electron chi connectivity index (χ2n) is 4.65. The molecule has 1 aliphatic rings. The minimum absolute atomic E-state index is 0.305. The predicted octanol–water partition coefficient (Wildman–Crippen LogP) is 1.91. The van der Waals surface area contributed by atoms with E-state index in [1.165, 1.54) is 0 Å². The third-order valence-electron chi connectivity index (χ3n) is 3.61. The summed E-state index contributed by atoms with van der Waals surface area (Å²) in [6, 6.07) is 6.00. The summed E-state index contributed by atoms with van der Waals surface area (Å²) in [5.74, 6) is 1.98. The molecule has 0 aromatic heterocycles. The maximum Gasteiger partial charge on any atom is 0.162 e. The summed E-state index contributed by atoms with van der Waals surface area (Å²) in [5.41, 5.74) is 1.16. The molecule has 0 spiro atoms. The number of piperidine rings is 1. The van der Waals surface area contributed by atoms with Crippen molar-refractivity contribution in [3.05, 3.63) is 18.2 Å². The van der Waals surface area contributed by atoms with Gasteiger partial charge < -0.3 is 19.5 Å². The van der Waals surface area contributed by atoms with Crippen LogP contribution < -0.4 is 14.4 Å². The van der Waals surface area contributed by atoms with Crippen molar-refractivity contribution in [3.8, 4) is 11.5 Å². The van der Waals surface area contributed by atoms with Crippen LogP contribution in [0.3, 0.4) is 0 Å². The molecule has 1 saturated heterocycles. The molecule has 0 saturated carbocycles. The Hall–Kier alpha value is -1.42. The minimum atomic E-state index is 0.305. The van der Waals surface area contributed by atoms with Gasteiger partial charge in [0.25, 0.3) is 0 Å². The fraction of sp³-hybridized carbons (Fsp3) is 0.571. The highest BCUT2D eigenvalue weighted by atomic mass is 16.5. The van der Waals surface area contributed by atoms with Crippen molar-refractivity contribution >= 4 is 5.69 Å². The molecule has 0 bridgehead atoms. The molecule has 1 aliphatic heterocycles. The second kappa shape index (κ2) is 5.96. The molecule has 0 unspecified atom stereocenters. The molecule has 1 heterocycles. The molecule has 4 heteroatoms. The number of methoxy groups -OCH3 is 2. The van der Waals surface area contributed by atoms with Crippen LogP contribution in [0.4, 0.5) is 5.69 Å². The number of hydrogen-bond acceptors (Lipinski definition) is 4. The normalized spacial score (nSPS) is 16.7. The van der Waals surface area contributed by atoms with Crippen molar-refractivity contribution in [2.24, 2.45) is 5.92 Å². The van der Waals surface area contributed by atoms with Gasteiger partial charge in [-0.05, 0) is 30.9 Å². The van der Waals surface area contributed by atoms with E-state index >= 15 is 0 Å². The Labute approximate surface area is 108 Å². The first-order valence-electron chi connectivity index (χ1n) is 6.36. The van der Waals surface area contributed by atoms with Crippen LogP contribution in [0.1, 0.15) is 12.8 Å². The molecule has 18 heavy (non-hydrogen) atoms. The van der Waals surface area contributed by atoms with Gasteiger partial charge in [0, 0.05) is 31.5 Å². The lowest BCUT2D eigenvalue weighted by molar-refractivity contribution is 0.203. The third kappa shape index (κ3) is 2.70. The van der Waals surface area contributed by atoms with Gasteiger partial charge in [0.2, 0.25) is 0 Å². The van der Waals surface area contributed by atoms with Crippen LogP contribution in [-0.2, 0) is 0 Å². The Bertz CT molecular complexity index is 387. The van der Waals surface area contributed by atoms with Gasteiger partial charge in [-0.2, -0.15) is 0 Å². The zero-order valence-corrected chi connectivity index (χ0v) is 11.1. The van der Waals surface area contributed by atoms with E-state index in [1.807, 2.05) is 12.1 Å². The summed E-state index contributed by atoms with van der Waals surface area (Å²) in [4.78, 5) is 2.33. The summed E-state index contributed by atoms with van der Waals surface area (Å²) >= 11 is 0. The molecule has 0 radical (unpaired) electrons. The highest BCUT2D eigenvalue weighted by Crippen LogP contribution is 2.33. The average Bonchev–Trinajstić information content (AvgIpc) is 2.46. The first kappa shape index (κ1) is 13.0. The van der Waals surface area contributed by atoms with Crippen molar-refractivity contribution in [2.45, 2.75) is 12.8 Å². The fourth-order valence-electron chi connectivity index (χ4n) is 2.40. The number of ether oxygens (including phenoxy) is 2. The van der Waals surface area contributed by atoms with Gasteiger partial charge >= 0.3 is 0 Å². The van der Waals surface area contributed by atoms with Crippen molar-refractivity contribution in [2.75, 3.05) is 38.8 Å². The Kier molecular flexibility index (Phi) is 4.31. The van der Waals surface area contributed by atoms with E-state index in [4.69, 9.17) is 14.6 Å². The van der Waals surface area contributed by atoms with E-state index in [0.29, 0.717) is 12.5 Å². The first-order chi connectivity index (χ1) is 8.78. The summed E-state index contributed by atoms with van der Waals surface area (Å²) in [7, 11) is 3.30.